The van der Waals surface area contributed by atoms with E-state index in [0.29, 0.717) is 5.92 Å². The quantitative estimate of drug-likeness (QED) is 0.693. The minimum absolute atomic E-state index is 0.0314. The van der Waals surface area contributed by atoms with Gasteiger partial charge in [0.25, 0.3) is 0 Å². The largest absolute Gasteiger partial charge is 0.393 e. The molecule has 0 aromatic carbocycles. The average molecular weight is 200 g/mol. The molecule has 0 saturated heterocycles. The molecular weight excluding hydrogens is 180 g/mol. The van der Waals surface area contributed by atoms with Gasteiger partial charge in [-0.25, -0.2) is 4.79 Å². The lowest BCUT2D eigenvalue weighted by Gasteiger charge is -2.26. The number of amides is 2. The molecule has 0 aromatic rings. The molecule has 4 heteroatoms. The summed E-state index contributed by atoms with van der Waals surface area (Å²) < 4.78 is 0. The Morgan fingerprint density at radius 2 is 1.93 bits per heavy atom. The normalized spacial score (nSPS) is 27.1. The molecule has 0 unspecified atom stereocenters. The molecular formula is C10H20N2O2. The van der Waals surface area contributed by atoms with Crippen molar-refractivity contribution in [3.63, 3.8) is 0 Å². The van der Waals surface area contributed by atoms with Gasteiger partial charge < -0.3 is 15.3 Å². The topological polar surface area (TPSA) is 52.6 Å². The third kappa shape index (κ3) is 3.54. The van der Waals surface area contributed by atoms with Crippen molar-refractivity contribution in [1.29, 1.82) is 0 Å². The van der Waals surface area contributed by atoms with Gasteiger partial charge in [-0.05, 0) is 31.6 Å². The van der Waals surface area contributed by atoms with Crippen LogP contribution in [-0.4, -0.2) is 42.8 Å². The Hall–Kier alpha value is -0.770. The van der Waals surface area contributed by atoms with Crippen LogP contribution in [0.1, 0.15) is 25.7 Å². The van der Waals surface area contributed by atoms with Gasteiger partial charge in [-0.3, -0.25) is 0 Å². The summed E-state index contributed by atoms with van der Waals surface area (Å²) in [5.74, 6) is 0.544. The van der Waals surface area contributed by atoms with Gasteiger partial charge in [0.1, 0.15) is 0 Å². The van der Waals surface area contributed by atoms with Crippen LogP contribution >= 0.6 is 0 Å². The third-order valence-corrected chi connectivity index (χ3v) is 2.76. The summed E-state index contributed by atoms with van der Waals surface area (Å²) in [6.07, 6.45) is 3.69. The number of hydrogen-bond acceptors (Lipinski definition) is 2. The maximum absolute atomic E-state index is 11.2. The summed E-state index contributed by atoms with van der Waals surface area (Å²) in [5.41, 5.74) is 0. The Bertz CT molecular complexity index is 187. The van der Waals surface area contributed by atoms with Crippen LogP contribution in [0.5, 0.6) is 0 Å². The Balaban J connectivity index is 2.16. The van der Waals surface area contributed by atoms with Crippen molar-refractivity contribution in [3.8, 4) is 0 Å². The van der Waals surface area contributed by atoms with Gasteiger partial charge >= 0.3 is 6.03 Å². The lowest BCUT2D eigenvalue weighted by atomic mass is 9.87. The number of nitrogens with one attached hydrogen (secondary N) is 1. The zero-order valence-corrected chi connectivity index (χ0v) is 8.99. The van der Waals surface area contributed by atoms with E-state index in [-0.39, 0.29) is 12.1 Å². The predicted molar refractivity (Wildman–Crippen MR) is 55.1 cm³/mol. The Labute approximate surface area is 85.3 Å². The average Bonchev–Trinajstić information content (AvgIpc) is 2.16. The second-order valence-electron chi connectivity index (χ2n) is 4.26. The molecule has 0 aromatic heterocycles. The number of carbonyl (C=O) groups excluding carboxylic acids is 1. The van der Waals surface area contributed by atoms with Crippen molar-refractivity contribution in [2.24, 2.45) is 5.92 Å². The van der Waals surface area contributed by atoms with Gasteiger partial charge in [-0.1, -0.05) is 0 Å². The number of aliphatic hydroxyl groups is 1. The highest BCUT2D eigenvalue weighted by molar-refractivity contribution is 5.73. The highest BCUT2D eigenvalue weighted by Gasteiger charge is 2.19. The number of nitrogens with zero attached hydrogens (tertiary/aromatic N) is 1. The molecule has 2 N–H and O–H groups in total. The number of carbonyl (C=O) groups is 1. The van der Waals surface area contributed by atoms with E-state index in [1.807, 2.05) is 0 Å². The van der Waals surface area contributed by atoms with E-state index in [4.69, 9.17) is 0 Å². The van der Waals surface area contributed by atoms with Crippen LogP contribution in [0.25, 0.3) is 0 Å². The molecule has 0 aliphatic heterocycles. The van der Waals surface area contributed by atoms with Crippen LogP contribution in [0.3, 0.4) is 0 Å². The molecule has 4 nitrogen and oxygen atoms in total. The van der Waals surface area contributed by atoms with Crippen molar-refractivity contribution < 1.29 is 9.90 Å². The molecule has 1 aliphatic carbocycles. The fourth-order valence-electron chi connectivity index (χ4n) is 1.74. The first-order valence-corrected chi connectivity index (χ1v) is 5.23. The molecule has 14 heavy (non-hydrogen) atoms. The summed E-state index contributed by atoms with van der Waals surface area (Å²) in [6, 6.07) is -0.0314. The van der Waals surface area contributed by atoms with E-state index < -0.39 is 0 Å². The van der Waals surface area contributed by atoms with Crippen LogP contribution in [0, 0.1) is 5.92 Å². The van der Waals surface area contributed by atoms with Crippen molar-refractivity contribution >= 4 is 6.03 Å². The SMILES string of the molecule is CN(C)C(=O)NCC1CCC(O)CC1. The molecule has 1 aliphatic rings. The van der Waals surface area contributed by atoms with Gasteiger partial charge in [-0.15, -0.1) is 0 Å². The van der Waals surface area contributed by atoms with E-state index >= 15 is 0 Å². The summed E-state index contributed by atoms with van der Waals surface area (Å²) in [6.45, 7) is 0.740. The lowest BCUT2D eigenvalue weighted by molar-refractivity contribution is 0.108. The van der Waals surface area contributed by atoms with Gasteiger partial charge in [0, 0.05) is 20.6 Å². The molecule has 1 saturated carbocycles. The summed E-state index contributed by atoms with van der Waals surface area (Å²) in [5, 5.41) is 12.2. The zero-order valence-electron chi connectivity index (χ0n) is 8.99. The summed E-state index contributed by atoms with van der Waals surface area (Å²) >= 11 is 0. The van der Waals surface area contributed by atoms with Crippen LogP contribution in [-0.2, 0) is 0 Å². The minimum atomic E-state index is -0.115. The molecule has 0 atom stereocenters. The second-order valence-corrected chi connectivity index (χ2v) is 4.26. The van der Waals surface area contributed by atoms with Gasteiger partial charge in [0.2, 0.25) is 0 Å². The standard InChI is InChI=1S/C10H20N2O2/c1-12(2)10(14)11-7-8-3-5-9(13)6-4-8/h8-9,13H,3-7H2,1-2H3,(H,11,14). The fourth-order valence-corrected chi connectivity index (χ4v) is 1.74. The van der Waals surface area contributed by atoms with E-state index in [1.165, 1.54) is 4.90 Å². The molecule has 1 fully saturated rings. The molecule has 2 amide bonds. The smallest absolute Gasteiger partial charge is 0.316 e. The molecule has 0 spiro atoms. The van der Waals surface area contributed by atoms with Crippen LogP contribution < -0.4 is 5.32 Å². The highest BCUT2D eigenvalue weighted by atomic mass is 16.3. The minimum Gasteiger partial charge on any atom is -0.393 e. The van der Waals surface area contributed by atoms with Gasteiger partial charge in [-0.2, -0.15) is 0 Å². The molecule has 0 bridgehead atoms. The first-order chi connectivity index (χ1) is 6.59. The zero-order chi connectivity index (χ0) is 10.6. The van der Waals surface area contributed by atoms with Crippen molar-refractivity contribution in [3.05, 3.63) is 0 Å². The molecule has 0 heterocycles. The van der Waals surface area contributed by atoms with E-state index in [2.05, 4.69) is 5.32 Å². The lowest BCUT2D eigenvalue weighted by Crippen LogP contribution is -2.38. The predicted octanol–water partition coefficient (Wildman–Crippen LogP) is 0.809. The van der Waals surface area contributed by atoms with Crippen LogP contribution in [0.4, 0.5) is 4.79 Å². The number of hydrogen-bond donors (Lipinski definition) is 2. The van der Waals surface area contributed by atoms with Gasteiger partial charge in [0.05, 0.1) is 6.10 Å². The van der Waals surface area contributed by atoms with E-state index in [1.54, 1.807) is 14.1 Å². The summed E-state index contributed by atoms with van der Waals surface area (Å²) in [4.78, 5) is 12.8. The maximum Gasteiger partial charge on any atom is 0.316 e. The van der Waals surface area contributed by atoms with Crippen molar-refractivity contribution in [1.82, 2.24) is 10.2 Å². The Kier molecular flexibility index (Phi) is 4.20. The van der Waals surface area contributed by atoms with E-state index in [0.717, 1.165) is 32.2 Å². The monoisotopic (exact) mass is 200 g/mol. The fraction of sp³-hybridized carbons (Fsp3) is 0.900. The summed E-state index contributed by atoms with van der Waals surface area (Å²) in [7, 11) is 3.47. The number of aliphatic hydroxyl groups excluding tert-OH is 1. The van der Waals surface area contributed by atoms with Crippen molar-refractivity contribution in [2.45, 2.75) is 31.8 Å². The Morgan fingerprint density at radius 3 is 2.43 bits per heavy atom. The Morgan fingerprint density at radius 1 is 1.36 bits per heavy atom. The molecule has 1 rings (SSSR count). The third-order valence-electron chi connectivity index (χ3n) is 2.76. The van der Waals surface area contributed by atoms with Gasteiger partial charge in [0.15, 0.2) is 0 Å². The van der Waals surface area contributed by atoms with E-state index in [9.17, 15) is 9.90 Å². The first kappa shape index (κ1) is 11.3. The molecule has 0 radical (unpaired) electrons. The number of urea groups is 1. The number of rotatable bonds is 2. The first-order valence-electron chi connectivity index (χ1n) is 5.23. The maximum atomic E-state index is 11.2. The van der Waals surface area contributed by atoms with Crippen LogP contribution in [0.15, 0.2) is 0 Å². The highest BCUT2D eigenvalue weighted by Crippen LogP contribution is 2.23. The second kappa shape index (κ2) is 5.20. The van der Waals surface area contributed by atoms with Crippen molar-refractivity contribution in [2.75, 3.05) is 20.6 Å². The van der Waals surface area contributed by atoms with Crippen LogP contribution in [0.2, 0.25) is 0 Å². The molecule has 82 valence electrons.